The van der Waals surface area contributed by atoms with Gasteiger partial charge >= 0.3 is 5.97 Å². The number of nitrogens with one attached hydrogen (secondary N) is 1. The molecule has 0 radical (unpaired) electrons. The SMILES string of the molecule is COC(=O)CC(C)Nc1cc(C#N)c2cc(Cl)ccc2n1. The molecule has 0 saturated carbocycles. The van der Waals surface area contributed by atoms with Gasteiger partial charge in [-0.3, -0.25) is 4.79 Å². The number of hydrogen-bond donors (Lipinski definition) is 1. The molecule has 6 heteroatoms. The molecule has 1 N–H and O–H groups in total. The Balaban J connectivity index is 2.31. The van der Waals surface area contributed by atoms with Gasteiger partial charge in [-0.25, -0.2) is 4.98 Å². The van der Waals surface area contributed by atoms with E-state index in [0.29, 0.717) is 27.3 Å². The van der Waals surface area contributed by atoms with Crippen LogP contribution >= 0.6 is 11.6 Å². The minimum Gasteiger partial charge on any atom is -0.469 e. The number of ether oxygens (including phenoxy) is 1. The van der Waals surface area contributed by atoms with Gasteiger partial charge in [-0.15, -0.1) is 0 Å². The topological polar surface area (TPSA) is 75.0 Å². The number of methoxy groups -OCH3 is 1. The van der Waals surface area contributed by atoms with Gasteiger partial charge in [0, 0.05) is 16.5 Å². The summed E-state index contributed by atoms with van der Waals surface area (Å²) in [6.45, 7) is 1.84. The van der Waals surface area contributed by atoms with Crippen molar-refractivity contribution in [3.05, 3.63) is 34.9 Å². The summed E-state index contributed by atoms with van der Waals surface area (Å²) >= 11 is 5.94. The molecule has 1 unspecified atom stereocenters. The Labute approximate surface area is 127 Å². The maximum absolute atomic E-state index is 11.2. The van der Waals surface area contributed by atoms with Crippen LogP contribution in [0.5, 0.6) is 0 Å². The number of anilines is 1. The summed E-state index contributed by atoms with van der Waals surface area (Å²) < 4.78 is 4.62. The molecule has 2 aromatic rings. The highest BCUT2D eigenvalue weighted by Crippen LogP contribution is 2.24. The highest BCUT2D eigenvalue weighted by molar-refractivity contribution is 6.31. The van der Waals surface area contributed by atoms with Crippen LogP contribution in [0.2, 0.25) is 5.02 Å². The third-order valence-electron chi connectivity index (χ3n) is 2.99. The summed E-state index contributed by atoms with van der Waals surface area (Å²) in [5, 5.41) is 13.6. The molecule has 1 atom stereocenters. The van der Waals surface area contributed by atoms with Gasteiger partial charge in [-0.1, -0.05) is 11.6 Å². The van der Waals surface area contributed by atoms with Gasteiger partial charge in [0.15, 0.2) is 0 Å². The fraction of sp³-hybridized carbons (Fsp3) is 0.267. The molecule has 0 saturated heterocycles. The van der Waals surface area contributed by atoms with Crippen molar-refractivity contribution in [2.24, 2.45) is 0 Å². The minimum atomic E-state index is -0.303. The van der Waals surface area contributed by atoms with Gasteiger partial charge in [0.05, 0.1) is 30.7 Å². The smallest absolute Gasteiger partial charge is 0.307 e. The number of benzene rings is 1. The molecule has 1 aromatic heterocycles. The van der Waals surface area contributed by atoms with E-state index >= 15 is 0 Å². The van der Waals surface area contributed by atoms with E-state index < -0.39 is 0 Å². The Kier molecular flexibility index (Phi) is 4.61. The van der Waals surface area contributed by atoms with Crippen molar-refractivity contribution in [2.45, 2.75) is 19.4 Å². The highest BCUT2D eigenvalue weighted by atomic mass is 35.5. The largest absolute Gasteiger partial charge is 0.469 e. The van der Waals surface area contributed by atoms with Crippen molar-refractivity contribution in [1.82, 2.24) is 4.98 Å². The molecular formula is C15H14ClN3O2. The zero-order valence-corrected chi connectivity index (χ0v) is 12.4. The molecule has 0 aliphatic rings. The molecule has 5 nitrogen and oxygen atoms in total. The number of nitrogens with zero attached hydrogens (tertiary/aromatic N) is 2. The number of halogens is 1. The van der Waals surface area contributed by atoms with E-state index in [4.69, 9.17) is 11.6 Å². The first-order valence-electron chi connectivity index (χ1n) is 6.37. The predicted octanol–water partition coefficient (Wildman–Crippen LogP) is 3.12. The Hall–Kier alpha value is -2.32. The molecular weight excluding hydrogens is 290 g/mol. The lowest BCUT2D eigenvalue weighted by molar-refractivity contribution is -0.140. The summed E-state index contributed by atoms with van der Waals surface area (Å²) in [6, 6.07) is 8.82. The number of esters is 1. The van der Waals surface area contributed by atoms with Crippen LogP contribution in [-0.2, 0) is 9.53 Å². The Morgan fingerprint density at radius 3 is 2.95 bits per heavy atom. The summed E-state index contributed by atoms with van der Waals surface area (Å²) in [5.74, 6) is 0.237. The van der Waals surface area contributed by atoms with Gasteiger partial charge in [0.1, 0.15) is 5.82 Å². The normalized spacial score (nSPS) is 11.7. The van der Waals surface area contributed by atoms with E-state index in [1.807, 2.05) is 6.92 Å². The second-order valence-corrected chi connectivity index (χ2v) is 5.09. The number of carbonyl (C=O) groups is 1. The van der Waals surface area contributed by atoms with Gasteiger partial charge in [0.2, 0.25) is 0 Å². The zero-order valence-electron chi connectivity index (χ0n) is 11.7. The molecule has 2 rings (SSSR count). The number of hydrogen-bond acceptors (Lipinski definition) is 5. The molecule has 0 bridgehead atoms. The summed E-state index contributed by atoms with van der Waals surface area (Å²) in [4.78, 5) is 15.7. The number of carbonyl (C=O) groups excluding carboxylic acids is 1. The average Bonchev–Trinajstić information content (AvgIpc) is 2.46. The van der Waals surface area contributed by atoms with Crippen LogP contribution in [0.4, 0.5) is 5.82 Å². The van der Waals surface area contributed by atoms with E-state index in [-0.39, 0.29) is 18.4 Å². The second kappa shape index (κ2) is 6.42. The van der Waals surface area contributed by atoms with Crippen LogP contribution in [0.15, 0.2) is 24.3 Å². The first-order valence-corrected chi connectivity index (χ1v) is 6.75. The number of nitriles is 1. The Morgan fingerprint density at radius 2 is 2.29 bits per heavy atom. The molecule has 108 valence electrons. The Bertz CT molecular complexity index is 725. The van der Waals surface area contributed by atoms with Crippen LogP contribution in [0, 0.1) is 11.3 Å². The predicted molar refractivity (Wildman–Crippen MR) is 81.2 cm³/mol. The Morgan fingerprint density at radius 1 is 1.52 bits per heavy atom. The maximum atomic E-state index is 11.2. The molecule has 0 fully saturated rings. The van der Waals surface area contributed by atoms with Crippen molar-refractivity contribution < 1.29 is 9.53 Å². The first kappa shape index (κ1) is 15.1. The van der Waals surface area contributed by atoms with E-state index in [9.17, 15) is 10.1 Å². The summed E-state index contributed by atoms with van der Waals surface area (Å²) in [7, 11) is 1.35. The van der Waals surface area contributed by atoms with Gasteiger partial charge in [0.25, 0.3) is 0 Å². The van der Waals surface area contributed by atoms with Crippen molar-refractivity contribution in [3.8, 4) is 6.07 Å². The molecule has 0 amide bonds. The van der Waals surface area contributed by atoms with E-state index in [1.54, 1.807) is 24.3 Å². The lowest BCUT2D eigenvalue weighted by Gasteiger charge is -2.14. The molecule has 1 heterocycles. The van der Waals surface area contributed by atoms with E-state index in [0.717, 1.165) is 0 Å². The van der Waals surface area contributed by atoms with Crippen LogP contribution < -0.4 is 5.32 Å². The van der Waals surface area contributed by atoms with Crippen LogP contribution in [0.25, 0.3) is 10.9 Å². The summed E-state index contributed by atoms with van der Waals surface area (Å²) in [5.41, 5.74) is 1.15. The lowest BCUT2D eigenvalue weighted by atomic mass is 10.1. The second-order valence-electron chi connectivity index (χ2n) is 4.65. The third kappa shape index (κ3) is 3.61. The fourth-order valence-corrected chi connectivity index (χ4v) is 2.17. The lowest BCUT2D eigenvalue weighted by Crippen LogP contribution is -2.21. The van der Waals surface area contributed by atoms with Crippen molar-refractivity contribution >= 4 is 34.3 Å². The van der Waals surface area contributed by atoms with Crippen molar-refractivity contribution in [3.63, 3.8) is 0 Å². The fourth-order valence-electron chi connectivity index (χ4n) is 2.00. The van der Waals surface area contributed by atoms with E-state index in [1.165, 1.54) is 7.11 Å². The quantitative estimate of drug-likeness (QED) is 0.878. The number of fused-ring (bicyclic) bond motifs is 1. The summed E-state index contributed by atoms with van der Waals surface area (Å²) in [6.07, 6.45) is 0.221. The minimum absolute atomic E-state index is 0.152. The average molecular weight is 304 g/mol. The zero-order chi connectivity index (χ0) is 15.4. The van der Waals surface area contributed by atoms with Gasteiger partial charge in [-0.05, 0) is 31.2 Å². The van der Waals surface area contributed by atoms with Crippen LogP contribution in [0.1, 0.15) is 18.9 Å². The van der Waals surface area contributed by atoms with Gasteiger partial charge in [-0.2, -0.15) is 5.26 Å². The number of aromatic nitrogens is 1. The number of rotatable bonds is 4. The highest BCUT2D eigenvalue weighted by Gasteiger charge is 2.12. The monoisotopic (exact) mass is 303 g/mol. The van der Waals surface area contributed by atoms with Crippen LogP contribution in [0.3, 0.4) is 0 Å². The van der Waals surface area contributed by atoms with Crippen LogP contribution in [-0.4, -0.2) is 24.1 Å². The van der Waals surface area contributed by atoms with Crippen molar-refractivity contribution in [1.29, 1.82) is 5.26 Å². The standard InChI is InChI=1S/C15H14ClN3O2/c1-9(5-15(20)21-2)18-14-6-10(8-17)12-7-11(16)3-4-13(12)19-14/h3-4,6-7,9H,5H2,1-2H3,(H,18,19). The first-order chi connectivity index (χ1) is 10.0. The molecule has 0 aliphatic carbocycles. The molecule has 0 aliphatic heterocycles. The van der Waals surface area contributed by atoms with Gasteiger partial charge < -0.3 is 10.1 Å². The molecule has 1 aromatic carbocycles. The number of pyridine rings is 1. The van der Waals surface area contributed by atoms with Crippen molar-refractivity contribution in [2.75, 3.05) is 12.4 Å². The van der Waals surface area contributed by atoms with E-state index in [2.05, 4.69) is 21.1 Å². The molecule has 0 spiro atoms. The maximum Gasteiger partial charge on any atom is 0.307 e. The third-order valence-corrected chi connectivity index (χ3v) is 3.22. The molecule has 21 heavy (non-hydrogen) atoms.